The minimum absolute atomic E-state index is 0.558. The summed E-state index contributed by atoms with van der Waals surface area (Å²) in [4.78, 5) is 0. The summed E-state index contributed by atoms with van der Waals surface area (Å²) >= 11 is 0. The van der Waals surface area contributed by atoms with Crippen LogP contribution in [0.5, 0.6) is 0 Å². The lowest BCUT2D eigenvalue weighted by molar-refractivity contribution is 0.0755. The maximum absolute atomic E-state index is 6.15. The highest BCUT2D eigenvalue weighted by Crippen LogP contribution is 2.56. The summed E-state index contributed by atoms with van der Waals surface area (Å²) in [6.07, 6.45) is 10.1. The zero-order valence-corrected chi connectivity index (χ0v) is 10.5. The van der Waals surface area contributed by atoms with Gasteiger partial charge < -0.3 is 5.73 Å². The number of hydrogen-bond donors (Lipinski definition) is 1. The van der Waals surface area contributed by atoms with Gasteiger partial charge in [0.25, 0.3) is 0 Å². The summed E-state index contributed by atoms with van der Waals surface area (Å²) < 4.78 is 0. The van der Waals surface area contributed by atoms with Gasteiger partial charge in [-0.2, -0.15) is 0 Å². The zero-order chi connectivity index (χ0) is 10.9. The molecule has 1 heteroatoms. The highest BCUT2D eigenvalue weighted by Gasteiger charge is 2.49. The lowest BCUT2D eigenvalue weighted by atomic mass is 9.63. The number of rotatable bonds is 3. The molecule has 15 heavy (non-hydrogen) atoms. The standard InChI is InChI=1S/C14H27N/c1-11(2)9-13-7-6-12-5-3-4-8-14(12,13)10-15/h11-13H,3-10,15H2,1-2H3. The van der Waals surface area contributed by atoms with E-state index in [0.717, 1.165) is 24.3 Å². The number of nitrogens with two attached hydrogens (primary N) is 1. The minimum Gasteiger partial charge on any atom is -0.330 e. The molecule has 88 valence electrons. The molecule has 2 saturated carbocycles. The van der Waals surface area contributed by atoms with Gasteiger partial charge in [0.1, 0.15) is 0 Å². The van der Waals surface area contributed by atoms with Gasteiger partial charge in [-0.05, 0) is 61.8 Å². The van der Waals surface area contributed by atoms with E-state index in [0.29, 0.717) is 5.41 Å². The van der Waals surface area contributed by atoms with Crippen molar-refractivity contribution >= 4 is 0 Å². The van der Waals surface area contributed by atoms with Gasteiger partial charge in [0.05, 0.1) is 0 Å². The fraction of sp³-hybridized carbons (Fsp3) is 1.00. The van der Waals surface area contributed by atoms with Crippen LogP contribution in [-0.4, -0.2) is 6.54 Å². The highest BCUT2D eigenvalue weighted by molar-refractivity contribution is 5.00. The second-order valence-corrected chi connectivity index (χ2v) is 6.28. The van der Waals surface area contributed by atoms with Crippen molar-refractivity contribution in [1.29, 1.82) is 0 Å². The predicted octanol–water partition coefficient (Wildman–Crippen LogP) is 3.58. The first-order valence-corrected chi connectivity index (χ1v) is 6.89. The average molecular weight is 209 g/mol. The number of fused-ring (bicyclic) bond motifs is 1. The Hall–Kier alpha value is -0.0400. The molecule has 0 heterocycles. The Morgan fingerprint density at radius 3 is 2.67 bits per heavy atom. The molecule has 3 unspecified atom stereocenters. The third-order valence-electron chi connectivity index (χ3n) is 5.07. The van der Waals surface area contributed by atoms with E-state index in [1.54, 1.807) is 0 Å². The monoisotopic (exact) mass is 209 g/mol. The van der Waals surface area contributed by atoms with Gasteiger partial charge in [0.15, 0.2) is 0 Å². The molecule has 2 aliphatic carbocycles. The third kappa shape index (κ3) is 1.95. The van der Waals surface area contributed by atoms with E-state index in [2.05, 4.69) is 13.8 Å². The number of hydrogen-bond acceptors (Lipinski definition) is 1. The maximum Gasteiger partial charge on any atom is -0.00152 e. The topological polar surface area (TPSA) is 26.0 Å². The molecule has 1 nitrogen and oxygen atoms in total. The summed E-state index contributed by atoms with van der Waals surface area (Å²) in [6.45, 7) is 5.68. The van der Waals surface area contributed by atoms with Crippen LogP contribution in [0.1, 0.15) is 58.8 Å². The Morgan fingerprint density at radius 2 is 2.00 bits per heavy atom. The molecular weight excluding hydrogens is 182 g/mol. The van der Waals surface area contributed by atoms with Crippen LogP contribution < -0.4 is 5.73 Å². The van der Waals surface area contributed by atoms with E-state index in [9.17, 15) is 0 Å². The molecule has 3 atom stereocenters. The first-order chi connectivity index (χ1) is 7.19. The molecule has 0 spiro atoms. The lowest BCUT2D eigenvalue weighted by Gasteiger charge is -2.43. The SMILES string of the molecule is CC(C)CC1CCC2CCCCC21CN. The van der Waals surface area contributed by atoms with E-state index in [1.165, 1.54) is 44.9 Å². The average Bonchev–Trinajstić information content (AvgIpc) is 2.58. The molecule has 0 aromatic heterocycles. The second-order valence-electron chi connectivity index (χ2n) is 6.28. The van der Waals surface area contributed by atoms with Gasteiger partial charge in [-0.3, -0.25) is 0 Å². The fourth-order valence-corrected chi connectivity index (χ4v) is 4.35. The van der Waals surface area contributed by atoms with Crippen LogP contribution in [0.2, 0.25) is 0 Å². The van der Waals surface area contributed by atoms with Crippen molar-refractivity contribution in [3.8, 4) is 0 Å². The molecule has 0 aliphatic heterocycles. The molecule has 0 amide bonds. The zero-order valence-electron chi connectivity index (χ0n) is 10.5. The van der Waals surface area contributed by atoms with E-state index in [-0.39, 0.29) is 0 Å². The van der Waals surface area contributed by atoms with E-state index >= 15 is 0 Å². The Morgan fingerprint density at radius 1 is 1.20 bits per heavy atom. The van der Waals surface area contributed by atoms with Gasteiger partial charge >= 0.3 is 0 Å². The van der Waals surface area contributed by atoms with Crippen molar-refractivity contribution in [2.75, 3.05) is 6.54 Å². The van der Waals surface area contributed by atoms with Gasteiger partial charge in [0, 0.05) is 0 Å². The lowest BCUT2D eigenvalue weighted by Crippen LogP contribution is -2.42. The molecule has 2 rings (SSSR count). The molecule has 0 aromatic rings. The summed E-state index contributed by atoms with van der Waals surface area (Å²) in [6, 6.07) is 0. The molecule has 0 radical (unpaired) electrons. The predicted molar refractivity (Wildman–Crippen MR) is 65.6 cm³/mol. The van der Waals surface area contributed by atoms with Crippen molar-refractivity contribution in [2.45, 2.75) is 58.8 Å². The minimum atomic E-state index is 0.558. The van der Waals surface area contributed by atoms with Crippen molar-refractivity contribution < 1.29 is 0 Å². The maximum atomic E-state index is 6.15. The van der Waals surface area contributed by atoms with Crippen LogP contribution >= 0.6 is 0 Å². The quantitative estimate of drug-likeness (QED) is 0.755. The van der Waals surface area contributed by atoms with Crippen LogP contribution in [0.25, 0.3) is 0 Å². The van der Waals surface area contributed by atoms with Crippen molar-refractivity contribution in [2.24, 2.45) is 28.9 Å². The van der Waals surface area contributed by atoms with Gasteiger partial charge in [-0.15, -0.1) is 0 Å². The Labute approximate surface area is 94.8 Å². The first-order valence-electron chi connectivity index (χ1n) is 6.89. The Bertz CT molecular complexity index is 211. The molecule has 0 saturated heterocycles. The van der Waals surface area contributed by atoms with Gasteiger partial charge in [0.2, 0.25) is 0 Å². The first kappa shape index (κ1) is 11.4. The van der Waals surface area contributed by atoms with E-state index < -0.39 is 0 Å². The summed E-state index contributed by atoms with van der Waals surface area (Å²) in [5.74, 6) is 2.76. The van der Waals surface area contributed by atoms with Gasteiger partial charge in [-0.25, -0.2) is 0 Å². The smallest absolute Gasteiger partial charge is 0.00152 e. The summed E-state index contributed by atoms with van der Waals surface area (Å²) in [5, 5.41) is 0. The normalized spacial score (nSPS) is 40.8. The van der Waals surface area contributed by atoms with E-state index in [1.807, 2.05) is 0 Å². The second kappa shape index (κ2) is 4.45. The molecule has 0 bridgehead atoms. The summed E-state index contributed by atoms with van der Waals surface area (Å²) in [5.41, 5.74) is 6.70. The van der Waals surface area contributed by atoms with Crippen LogP contribution in [0.3, 0.4) is 0 Å². The van der Waals surface area contributed by atoms with Crippen molar-refractivity contribution in [3.05, 3.63) is 0 Å². The van der Waals surface area contributed by atoms with Crippen molar-refractivity contribution in [3.63, 3.8) is 0 Å². The molecule has 2 aliphatic rings. The third-order valence-corrected chi connectivity index (χ3v) is 5.07. The Kier molecular flexibility index (Phi) is 3.39. The molecule has 2 N–H and O–H groups in total. The fourth-order valence-electron chi connectivity index (χ4n) is 4.35. The Balaban J connectivity index is 2.11. The van der Waals surface area contributed by atoms with Crippen LogP contribution in [0.4, 0.5) is 0 Å². The van der Waals surface area contributed by atoms with E-state index in [4.69, 9.17) is 5.73 Å². The van der Waals surface area contributed by atoms with Gasteiger partial charge in [-0.1, -0.05) is 26.7 Å². The highest BCUT2D eigenvalue weighted by atomic mass is 14.7. The van der Waals surface area contributed by atoms with Crippen molar-refractivity contribution in [1.82, 2.24) is 0 Å². The molecule has 0 aromatic carbocycles. The molecular formula is C14H27N. The molecule has 2 fully saturated rings. The van der Waals surface area contributed by atoms with Crippen LogP contribution in [0.15, 0.2) is 0 Å². The van der Waals surface area contributed by atoms with Crippen LogP contribution in [-0.2, 0) is 0 Å². The van der Waals surface area contributed by atoms with Crippen LogP contribution in [0, 0.1) is 23.2 Å². The summed E-state index contributed by atoms with van der Waals surface area (Å²) in [7, 11) is 0. The largest absolute Gasteiger partial charge is 0.330 e.